The molecule has 1 aromatic carbocycles. The van der Waals surface area contributed by atoms with Crippen LogP contribution in [0.1, 0.15) is 33.1 Å². The average molecular weight is 364 g/mol. The Bertz CT molecular complexity index is 686. The van der Waals surface area contributed by atoms with Crippen LogP contribution in [0.25, 0.3) is 0 Å². The molecule has 0 radical (unpaired) electrons. The quantitative estimate of drug-likeness (QED) is 0.786. The summed E-state index contributed by atoms with van der Waals surface area (Å²) in [6.07, 6.45) is 1.69. The molecule has 0 bridgehead atoms. The Morgan fingerprint density at radius 3 is 2.62 bits per heavy atom. The van der Waals surface area contributed by atoms with Crippen LogP contribution in [0.2, 0.25) is 0 Å². The highest BCUT2D eigenvalue weighted by Crippen LogP contribution is 2.42. The number of hydrogen-bond acceptors (Lipinski definition) is 4. The van der Waals surface area contributed by atoms with Gasteiger partial charge in [-0.15, -0.1) is 0 Å². The van der Waals surface area contributed by atoms with Gasteiger partial charge in [-0.25, -0.2) is 9.18 Å². The molecule has 1 aliphatic heterocycles. The summed E-state index contributed by atoms with van der Waals surface area (Å²) in [5, 5.41) is 13.1. The number of aliphatic hydroxyl groups is 1. The summed E-state index contributed by atoms with van der Waals surface area (Å²) >= 11 is 0. The molecule has 2 N–H and O–H groups in total. The summed E-state index contributed by atoms with van der Waals surface area (Å²) < 4.78 is 18.8. The third-order valence-corrected chi connectivity index (χ3v) is 5.65. The molecular formula is C19H25FN2O4. The second-order valence-electron chi connectivity index (χ2n) is 7.34. The largest absolute Gasteiger partial charge is 0.488 e. The predicted octanol–water partition coefficient (Wildman–Crippen LogP) is 2.31. The number of rotatable bonds is 5. The van der Waals surface area contributed by atoms with Crippen molar-refractivity contribution in [2.75, 3.05) is 13.2 Å². The molecule has 26 heavy (non-hydrogen) atoms. The molecule has 2 aliphatic rings. The molecule has 1 aromatic rings. The summed E-state index contributed by atoms with van der Waals surface area (Å²) in [6, 6.07) is 5.39. The number of urea groups is 1. The second kappa shape index (κ2) is 7.23. The fourth-order valence-electron chi connectivity index (χ4n) is 4.13. The highest BCUT2D eigenvalue weighted by molar-refractivity contribution is 6.07. The van der Waals surface area contributed by atoms with Gasteiger partial charge in [0.05, 0.1) is 6.54 Å². The molecule has 1 aliphatic carbocycles. The standard InChI is InChI=1S/C19H25FN2O4/c1-12-6-5-7-13(2)19(12)17(24)22(18(25)21-19)10-14(23)11-26-16-9-4-3-8-15(16)20/h3-4,8-9,12-14,23H,5-7,10-11H2,1-2H3,(H,21,25). The van der Waals surface area contributed by atoms with Crippen molar-refractivity contribution in [3.63, 3.8) is 0 Å². The molecule has 1 saturated heterocycles. The number of aliphatic hydroxyl groups excluding tert-OH is 1. The Kier molecular flexibility index (Phi) is 5.18. The lowest BCUT2D eigenvalue weighted by molar-refractivity contribution is -0.137. The number of imide groups is 1. The third kappa shape index (κ3) is 3.16. The van der Waals surface area contributed by atoms with Crippen molar-refractivity contribution in [2.45, 2.75) is 44.8 Å². The Labute approximate surface area is 152 Å². The molecule has 3 rings (SSSR count). The van der Waals surface area contributed by atoms with Gasteiger partial charge < -0.3 is 15.2 Å². The van der Waals surface area contributed by atoms with Gasteiger partial charge in [-0.2, -0.15) is 0 Å². The number of benzene rings is 1. The van der Waals surface area contributed by atoms with Crippen LogP contribution in [0.15, 0.2) is 24.3 Å². The normalized spacial score (nSPS) is 29.8. The van der Waals surface area contributed by atoms with Crippen molar-refractivity contribution in [3.8, 4) is 5.75 Å². The Hall–Kier alpha value is -2.15. The van der Waals surface area contributed by atoms with Gasteiger partial charge in [-0.3, -0.25) is 9.69 Å². The topological polar surface area (TPSA) is 78.9 Å². The van der Waals surface area contributed by atoms with Crippen LogP contribution in [-0.2, 0) is 4.79 Å². The fraction of sp³-hybridized carbons (Fsp3) is 0.579. The number of nitrogens with zero attached hydrogens (tertiary/aromatic N) is 1. The number of carbonyl (C=O) groups is 2. The smallest absolute Gasteiger partial charge is 0.325 e. The lowest BCUT2D eigenvalue weighted by Gasteiger charge is -2.42. The van der Waals surface area contributed by atoms with Crippen molar-refractivity contribution in [3.05, 3.63) is 30.1 Å². The molecule has 6 nitrogen and oxygen atoms in total. The van der Waals surface area contributed by atoms with Gasteiger partial charge in [0.15, 0.2) is 11.6 Å². The van der Waals surface area contributed by atoms with Gasteiger partial charge in [-0.1, -0.05) is 32.4 Å². The molecule has 3 atom stereocenters. The zero-order chi connectivity index (χ0) is 18.9. The molecule has 1 saturated carbocycles. The van der Waals surface area contributed by atoms with Crippen LogP contribution in [0.5, 0.6) is 5.75 Å². The number of β-amino-alcohol motifs (C(OH)–C–C–N with tert-alkyl or cyclic N) is 1. The van der Waals surface area contributed by atoms with Gasteiger partial charge >= 0.3 is 6.03 Å². The predicted molar refractivity (Wildman–Crippen MR) is 93.1 cm³/mol. The van der Waals surface area contributed by atoms with Crippen molar-refractivity contribution < 1.29 is 23.8 Å². The van der Waals surface area contributed by atoms with E-state index in [1.807, 2.05) is 13.8 Å². The minimum Gasteiger partial charge on any atom is -0.488 e. The SMILES string of the molecule is CC1CCCC(C)C12NC(=O)N(CC(O)COc1ccccc1F)C2=O. The van der Waals surface area contributed by atoms with Crippen molar-refractivity contribution >= 4 is 11.9 Å². The van der Waals surface area contributed by atoms with Gasteiger partial charge in [0, 0.05) is 0 Å². The first-order chi connectivity index (χ1) is 12.4. The first-order valence-corrected chi connectivity index (χ1v) is 9.05. The number of halogens is 1. The summed E-state index contributed by atoms with van der Waals surface area (Å²) in [7, 11) is 0. The first-order valence-electron chi connectivity index (χ1n) is 9.05. The summed E-state index contributed by atoms with van der Waals surface area (Å²) in [5.74, 6) is -0.709. The van der Waals surface area contributed by atoms with Gasteiger partial charge in [0.25, 0.3) is 5.91 Å². The van der Waals surface area contributed by atoms with Crippen LogP contribution >= 0.6 is 0 Å². The molecule has 3 amide bonds. The number of amides is 3. The Morgan fingerprint density at radius 2 is 1.96 bits per heavy atom. The molecule has 3 unspecified atom stereocenters. The molecule has 2 fully saturated rings. The zero-order valence-electron chi connectivity index (χ0n) is 15.1. The lowest BCUT2D eigenvalue weighted by atomic mass is 9.67. The molecular weight excluding hydrogens is 339 g/mol. The highest BCUT2D eigenvalue weighted by atomic mass is 19.1. The maximum Gasteiger partial charge on any atom is 0.325 e. The second-order valence-corrected chi connectivity index (χ2v) is 7.34. The van der Waals surface area contributed by atoms with E-state index in [1.165, 1.54) is 18.2 Å². The van der Waals surface area contributed by atoms with Gasteiger partial charge in [0.1, 0.15) is 18.2 Å². The van der Waals surface area contributed by atoms with Crippen molar-refractivity contribution in [1.82, 2.24) is 10.2 Å². The maximum absolute atomic E-state index is 13.6. The molecule has 7 heteroatoms. The Balaban J connectivity index is 1.65. The summed E-state index contributed by atoms with van der Waals surface area (Å²) in [6.45, 7) is 3.57. The highest BCUT2D eigenvalue weighted by Gasteiger charge is 2.58. The minimum absolute atomic E-state index is 0.0229. The first kappa shape index (κ1) is 18.6. The van der Waals surface area contributed by atoms with Crippen molar-refractivity contribution in [2.24, 2.45) is 11.8 Å². The van der Waals surface area contributed by atoms with Crippen LogP contribution in [0.3, 0.4) is 0 Å². The molecule has 142 valence electrons. The van der Waals surface area contributed by atoms with E-state index in [0.29, 0.717) is 0 Å². The number of para-hydroxylation sites is 1. The zero-order valence-corrected chi connectivity index (χ0v) is 15.1. The molecule has 1 heterocycles. The minimum atomic E-state index is -1.10. The summed E-state index contributed by atoms with van der Waals surface area (Å²) in [5.41, 5.74) is -0.887. The van der Waals surface area contributed by atoms with E-state index in [1.54, 1.807) is 6.07 Å². The van der Waals surface area contributed by atoms with Crippen LogP contribution in [-0.4, -0.2) is 46.7 Å². The van der Waals surface area contributed by atoms with E-state index in [4.69, 9.17) is 4.74 Å². The average Bonchev–Trinajstić information content (AvgIpc) is 2.85. The lowest BCUT2D eigenvalue weighted by Crippen LogP contribution is -2.59. The monoisotopic (exact) mass is 364 g/mol. The van der Waals surface area contributed by atoms with E-state index < -0.39 is 23.5 Å². The fourth-order valence-corrected chi connectivity index (χ4v) is 4.13. The van der Waals surface area contributed by atoms with Crippen LogP contribution in [0, 0.1) is 17.7 Å². The number of nitrogens with one attached hydrogen (secondary N) is 1. The third-order valence-electron chi connectivity index (χ3n) is 5.65. The molecule has 0 aromatic heterocycles. The van der Waals surface area contributed by atoms with E-state index in [9.17, 15) is 19.1 Å². The van der Waals surface area contributed by atoms with E-state index >= 15 is 0 Å². The van der Waals surface area contributed by atoms with Gasteiger partial charge in [0.2, 0.25) is 0 Å². The number of hydrogen-bond donors (Lipinski definition) is 2. The number of ether oxygens (including phenoxy) is 1. The van der Waals surface area contributed by atoms with E-state index in [0.717, 1.165) is 24.2 Å². The summed E-state index contributed by atoms with van der Waals surface area (Å²) in [4.78, 5) is 26.5. The van der Waals surface area contributed by atoms with Crippen LogP contribution < -0.4 is 10.1 Å². The maximum atomic E-state index is 13.6. The number of carbonyl (C=O) groups excluding carboxylic acids is 2. The van der Waals surface area contributed by atoms with Crippen molar-refractivity contribution in [1.29, 1.82) is 0 Å². The molecule has 1 spiro atoms. The van der Waals surface area contributed by atoms with Crippen LogP contribution in [0.4, 0.5) is 9.18 Å². The Morgan fingerprint density at radius 1 is 1.31 bits per heavy atom. The van der Waals surface area contributed by atoms with Gasteiger partial charge in [-0.05, 0) is 36.8 Å². The van der Waals surface area contributed by atoms with E-state index in [-0.39, 0.29) is 36.6 Å². The van der Waals surface area contributed by atoms with E-state index in [2.05, 4.69) is 5.32 Å².